The number of benzene rings is 1. The number of hydrogen-bond donors (Lipinski definition) is 1. The third kappa shape index (κ3) is 3.05. The zero-order valence-electron chi connectivity index (χ0n) is 13.7. The van der Waals surface area contributed by atoms with Crippen molar-refractivity contribution in [3.8, 4) is 5.75 Å². The van der Waals surface area contributed by atoms with Crippen LogP contribution in [-0.2, 0) is 9.59 Å². The van der Waals surface area contributed by atoms with Crippen molar-refractivity contribution in [1.82, 2.24) is 4.90 Å². The Labute approximate surface area is 136 Å². The maximum Gasteiger partial charge on any atom is 0.226 e. The van der Waals surface area contributed by atoms with E-state index in [1.165, 1.54) is 0 Å². The Kier molecular flexibility index (Phi) is 4.28. The first-order valence-corrected chi connectivity index (χ1v) is 8.25. The van der Waals surface area contributed by atoms with Crippen LogP contribution < -0.4 is 10.5 Å². The summed E-state index contributed by atoms with van der Waals surface area (Å²) in [4.78, 5) is 26.2. The lowest BCUT2D eigenvalue weighted by atomic mass is 9.92. The van der Waals surface area contributed by atoms with Gasteiger partial charge in [0.05, 0.1) is 13.0 Å². The van der Waals surface area contributed by atoms with Gasteiger partial charge in [0.25, 0.3) is 0 Å². The van der Waals surface area contributed by atoms with E-state index in [1.807, 2.05) is 29.2 Å². The molecule has 1 aromatic carbocycles. The van der Waals surface area contributed by atoms with E-state index in [-0.39, 0.29) is 35.6 Å². The fraction of sp³-hybridized carbons (Fsp3) is 0.556. The molecule has 3 rings (SSSR count). The topological polar surface area (TPSA) is 72.6 Å². The first kappa shape index (κ1) is 15.8. The molecule has 5 nitrogen and oxygen atoms in total. The molecule has 1 aliphatic heterocycles. The highest BCUT2D eigenvalue weighted by molar-refractivity contribution is 5.85. The summed E-state index contributed by atoms with van der Waals surface area (Å²) in [6.07, 6.45) is 2.47. The number of carbonyl (C=O) groups is 2. The summed E-state index contributed by atoms with van der Waals surface area (Å²) in [5.74, 6) is 0.708. The van der Waals surface area contributed by atoms with Gasteiger partial charge in [0.1, 0.15) is 5.75 Å². The van der Waals surface area contributed by atoms with Gasteiger partial charge >= 0.3 is 0 Å². The van der Waals surface area contributed by atoms with Gasteiger partial charge in [-0.15, -0.1) is 0 Å². The standard InChI is InChI=1S/C18H24N2O3/c1-11-7-8-12(17(19)21)10-20(11)18(22)15-9-14(15)13-5-3-4-6-16(13)23-2/h3-6,11-12,14-15H,7-10H2,1-2H3,(H2,19,21)/t11-,12-,14+,15+/m1/s1. The predicted octanol–water partition coefficient (Wildman–Crippen LogP) is 1.91. The molecule has 1 saturated heterocycles. The van der Waals surface area contributed by atoms with Crippen LogP contribution >= 0.6 is 0 Å². The number of amides is 2. The molecule has 2 fully saturated rings. The van der Waals surface area contributed by atoms with E-state index in [2.05, 4.69) is 6.92 Å². The van der Waals surface area contributed by atoms with Crippen molar-refractivity contribution in [1.29, 1.82) is 0 Å². The van der Waals surface area contributed by atoms with Gasteiger partial charge < -0.3 is 15.4 Å². The molecule has 2 amide bonds. The summed E-state index contributed by atoms with van der Waals surface area (Å²) >= 11 is 0. The first-order valence-electron chi connectivity index (χ1n) is 8.25. The number of primary amides is 1. The van der Waals surface area contributed by atoms with Gasteiger partial charge in [0.2, 0.25) is 11.8 Å². The second kappa shape index (κ2) is 6.22. The molecule has 0 radical (unpaired) electrons. The smallest absolute Gasteiger partial charge is 0.226 e. The molecule has 0 aromatic heterocycles. The molecule has 1 aromatic rings. The minimum absolute atomic E-state index is 0.000349. The zero-order chi connectivity index (χ0) is 16.6. The maximum atomic E-state index is 12.9. The van der Waals surface area contributed by atoms with Crippen molar-refractivity contribution < 1.29 is 14.3 Å². The molecule has 0 bridgehead atoms. The highest BCUT2D eigenvalue weighted by atomic mass is 16.5. The van der Waals surface area contributed by atoms with Gasteiger partial charge in [0, 0.05) is 18.5 Å². The fourth-order valence-electron chi connectivity index (χ4n) is 3.64. The van der Waals surface area contributed by atoms with Crippen LogP contribution in [0.25, 0.3) is 0 Å². The maximum absolute atomic E-state index is 12.9. The number of piperidine rings is 1. The van der Waals surface area contributed by atoms with E-state index in [1.54, 1.807) is 7.11 Å². The lowest BCUT2D eigenvalue weighted by molar-refractivity contribution is -0.138. The molecule has 5 heteroatoms. The molecular formula is C18H24N2O3. The van der Waals surface area contributed by atoms with Crippen LogP contribution in [-0.4, -0.2) is 36.4 Å². The Hall–Kier alpha value is -2.04. The average Bonchev–Trinajstić information content (AvgIpc) is 3.34. The molecule has 1 heterocycles. The number of carbonyl (C=O) groups excluding carboxylic acids is 2. The van der Waals surface area contributed by atoms with Gasteiger partial charge in [-0.1, -0.05) is 18.2 Å². The van der Waals surface area contributed by atoms with Gasteiger partial charge in [0.15, 0.2) is 0 Å². The number of ether oxygens (including phenoxy) is 1. The average molecular weight is 316 g/mol. The van der Waals surface area contributed by atoms with Crippen molar-refractivity contribution in [3.05, 3.63) is 29.8 Å². The molecule has 0 spiro atoms. The van der Waals surface area contributed by atoms with E-state index in [0.29, 0.717) is 6.54 Å². The molecular weight excluding hydrogens is 292 g/mol. The number of likely N-dealkylation sites (tertiary alicyclic amines) is 1. The van der Waals surface area contributed by atoms with E-state index >= 15 is 0 Å². The first-order chi connectivity index (χ1) is 11.0. The Morgan fingerprint density at radius 2 is 2.00 bits per heavy atom. The Balaban J connectivity index is 1.71. The number of methoxy groups -OCH3 is 1. The van der Waals surface area contributed by atoms with E-state index in [0.717, 1.165) is 30.6 Å². The number of nitrogens with zero attached hydrogens (tertiary/aromatic N) is 1. The van der Waals surface area contributed by atoms with Gasteiger partial charge in [-0.3, -0.25) is 9.59 Å². The highest BCUT2D eigenvalue weighted by Crippen LogP contribution is 2.51. The van der Waals surface area contributed by atoms with E-state index in [4.69, 9.17) is 10.5 Å². The van der Waals surface area contributed by atoms with Gasteiger partial charge in [-0.25, -0.2) is 0 Å². The molecule has 4 atom stereocenters. The molecule has 23 heavy (non-hydrogen) atoms. The third-order valence-corrected chi connectivity index (χ3v) is 5.21. The highest BCUT2D eigenvalue weighted by Gasteiger charge is 2.48. The summed E-state index contributed by atoms with van der Waals surface area (Å²) in [6.45, 7) is 2.51. The van der Waals surface area contributed by atoms with Gasteiger partial charge in [-0.05, 0) is 43.7 Å². The summed E-state index contributed by atoms with van der Waals surface area (Å²) in [5.41, 5.74) is 6.53. The number of hydrogen-bond acceptors (Lipinski definition) is 3. The number of para-hydroxylation sites is 1. The van der Waals surface area contributed by atoms with Crippen LogP contribution in [0.4, 0.5) is 0 Å². The second-order valence-corrected chi connectivity index (χ2v) is 6.71. The second-order valence-electron chi connectivity index (χ2n) is 6.71. The van der Waals surface area contributed by atoms with Crippen molar-refractivity contribution in [2.45, 2.75) is 38.1 Å². The third-order valence-electron chi connectivity index (χ3n) is 5.21. The number of nitrogens with two attached hydrogens (primary N) is 1. The van der Waals surface area contributed by atoms with Crippen molar-refractivity contribution in [3.63, 3.8) is 0 Å². The Bertz CT molecular complexity index is 616. The normalized spacial score (nSPS) is 29.9. The molecule has 1 saturated carbocycles. The molecule has 124 valence electrons. The van der Waals surface area contributed by atoms with Crippen LogP contribution in [0.15, 0.2) is 24.3 Å². The van der Waals surface area contributed by atoms with Crippen molar-refractivity contribution in [2.75, 3.05) is 13.7 Å². The minimum Gasteiger partial charge on any atom is -0.496 e. The van der Waals surface area contributed by atoms with Crippen molar-refractivity contribution in [2.24, 2.45) is 17.6 Å². The fourth-order valence-corrected chi connectivity index (χ4v) is 3.64. The monoisotopic (exact) mass is 316 g/mol. The predicted molar refractivity (Wildman–Crippen MR) is 86.9 cm³/mol. The van der Waals surface area contributed by atoms with E-state index in [9.17, 15) is 9.59 Å². The van der Waals surface area contributed by atoms with Crippen molar-refractivity contribution >= 4 is 11.8 Å². The summed E-state index contributed by atoms with van der Waals surface area (Å²) < 4.78 is 5.40. The Morgan fingerprint density at radius 1 is 1.26 bits per heavy atom. The van der Waals surface area contributed by atoms with Crippen LogP contribution in [0, 0.1) is 11.8 Å². The van der Waals surface area contributed by atoms with E-state index < -0.39 is 0 Å². The van der Waals surface area contributed by atoms with Gasteiger partial charge in [-0.2, -0.15) is 0 Å². The van der Waals surface area contributed by atoms with Crippen LogP contribution in [0.2, 0.25) is 0 Å². The number of rotatable bonds is 4. The zero-order valence-corrected chi connectivity index (χ0v) is 13.7. The molecule has 1 aliphatic carbocycles. The summed E-state index contributed by atoms with van der Waals surface area (Å²) in [7, 11) is 1.65. The largest absolute Gasteiger partial charge is 0.496 e. The lowest BCUT2D eigenvalue weighted by Crippen LogP contribution is -2.49. The molecule has 0 unspecified atom stereocenters. The Morgan fingerprint density at radius 3 is 2.70 bits per heavy atom. The summed E-state index contributed by atoms with van der Waals surface area (Å²) in [5, 5.41) is 0. The van der Waals surface area contributed by atoms with Crippen LogP contribution in [0.3, 0.4) is 0 Å². The van der Waals surface area contributed by atoms with Crippen LogP contribution in [0.5, 0.6) is 5.75 Å². The summed E-state index contributed by atoms with van der Waals surface area (Å²) in [6, 6.07) is 8.05. The SMILES string of the molecule is COc1ccccc1[C@@H]1C[C@@H]1C(=O)N1C[C@H](C(N)=O)CC[C@H]1C. The minimum atomic E-state index is -0.299. The molecule has 2 aliphatic rings. The van der Waals surface area contributed by atoms with Crippen LogP contribution in [0.1, 0.15) is 37.7 Å². The lowest BCUT2D eigenvalue weighted by Gasteiger charge is -2.37. The quantitative estimate of drug-likeness (QED) is 0.922. The molecule has 2 N–H and O–H groups in total.